The molecule has 0 unspecified atom stereocenters. The first-order valence-electron chi connectivity index (χ1n) is 11.0. The molecule has 0 aliphatic rings. The van der Waals surface area contributed by atoms with Crippen LogP contribution in [0.15, 0.2) is 72.8 Å². The molecule has 0 aliphatic carbocycles. The number of amides is 1. The summed E-state index contributed by atoms with van der Waals surface area (Å²) >= 11 is 0. The highest BCUT2D eigenvalue weighted by molar-refractivity contribution is 6.07. The van der Waals surface area contributed by atoms with Crippen molar-refractivity contribution in [2.45, 2.75) is 32.6 Å². The molecular formula is C26H30N2O4. The van der Waals surface area contributed by atoms with Crippen LogP contribution >= 0.6 is 0 Å². The van der Waals surface area contributed by atoms with Crippen LogP contribution in [0.25, 0.3) is 0 Å². The summed E-state index contributed by atoms with van der Waals surface area (Å²) in [4.78, 5) is 12.9. The maximum Gasteiger partial charge on any atom is 0.259 e. The van der Waals surface area contributed by atoms with Crippen LogP contribution in [-0.2, 0) is 0 Å². The Bertz CT molecular complexity index is 978. The minimum Gasteiger partial charge on any atom is -0.505 e. The van der Waals surface area contributed by atoms with Crippen molar-refractivity contribution in [3.05, 3.63) is 78.4 Å². The van der Waals surface area contributed by atoms with Gasteiger partial charge in [0.05, 0.1) is 17.9 Å². The van der Waals surface area contributed by atoms with Gasteiger partial charge in [-0.15, -0.1) is 0 Å². The zero-order valence-electron chi connectivity index (χ0n) is 18.3. The maximum absolute atomic E-state index is 12.9. The van der Waals surface area contributed by atoms with Gasteiger partial charge in [0.2, 0.25) is 0 Å². The molecule has 32 heavy (non-hydrogen) atoms. The summed E-state index contributed by atoms with van der Waals surface area (Å²) in [5, 5.41) is 16.6. The number of carbonyl (C=O) groups excluding carboxylic acids is 1. The highest BCUT2D eigenvalue weighted by atomic mass is 16.5. The number of anilines is 2. The molecule has 3 rings (SSSR count). The molecule has 6 heteroatoms. The number of nitrogens with one attached hydrogen (secondary N) is 2. The molecule has 0 heterocycles. The zero-order valence-corrected chi connectivity index (χ0v) is 18.3. The predicted molar refractivity (Wildman–Crippen MR) is 128 cm³/mol. The second-order valence-electron chi connectivity index (χ2n) is 7.37. The van der Waals surface area contributed by atoms with Crippen LogP contribution in [0.5, 0.6) is 17.2 Å². The summed E-state index contributed by atoms with van der Waals surface area (Å²) in [7, 11) is 0. The van der Waals surface area contributed by atoms with Gasteiger partial charge in [-0.3, -0.25) is 4.79 Å². The van der Waals surface area contributed by atoms with E-state index < -0.39 is 5.91 Å². The van der Waals surface area contributed by atoms with Gasteiger partial charge in [-0.05, 0) is 36.8 Å². The standard InChI is InChI=1S/C26H30N2O4/c1-2-3-4-11-16-31-22-17-23(26(30)28-20-12-7-5-8-13-20)25(29)24(18-22)27-19-32-21-14-9-6-10-15-21/h5-10,12-15,17-18,27,29H,2-4,11,16,19H2,1H3,(H,28,30). The number of phenolic OH excluding ortho intramolecular Hbond substituents is 1. The molecule has 3 aromatic carbocycles. The number of carbonyl (C=O) groups is 1. The summed E-state index contributed by atoms with van der Waals surface area (Å²) in [6, 6.07) is 21.7. The molecule has 0 fully saturated rings. The van der Waals surface area contributed by atoms with Crippen LogP contribution < -0.4 is 20.1 Å². The van der Waals surface area contributed by atoms with Crippen molar-refractivity contribution in [2.75, 3.05) is 24.0 Å². The van der Waals surface area contributed by atoms with Gasteiger partial charge >= 0.3 is 0 Å². The van der Waals surface area contributed by atoms with Crippen LogP contribution in [0.4, 0.5) is 11.4 Å². The molecule has 0 radical (unpaired) electrons. The number of ether oxygens (including phenoxy) is 2. The smallest absolute Gasteiger partial charge is 0.259 e. The first-order valence-corrected chi connectivity index (χ1v) is 11.0. The van der Waals surface area contributed by atoms with Gasteiger partial charge in [-0.1, -0.05) is 62.6 Å². The topological polar surface area (TPSA) is 79.8 Å². The number of aromatic hydroxyl groups is 1. The molecule has 0 saturated carbocycles. The lowest BCUT2D eigenvalue weighted by Gasteiger charge is -2.16. The summed E-state index contributed by atoms with van der Waals surface area (Å²) in [6.07, 6.45) is 4.33. The highest BCUT2D eigenvalue weighted by Gasteiger charge is 2.18. The van der Waals surface area contributed by atoms with E-state index in [1.165, 1.54) is 0 Å². The Balaban J connectivity index is 1.74. The van der Waals surface area contributed by atoms with E-state index in [1.807, 2.05) is 48.5 Å². The monoisotopic (exact) mass is 434 g/mol. The number of rotatable bonds is 12. The van der Waals surface area contributed by atoms with E-state index in [1.54, 1.807) is 24.3 Å². The van der Waals surface area contributed by atoms with Crippen LogP contribution in [0.3, 0.4) is 0 Å². The molecule has 0 saturated heterocycles. The lowest BCUT2D eigenvalue weighted by molar-refractivity contribution is 0.102. The van der Waals surface area contributed by atoms with Crippen molar-refractivity contribution in [2.24, 2.45) is 0 Å². The molecular weight excluding hydrogens is 404 g/mol. The fourth-order valence-electron chi connectivity index (χ4n) is 3.15. The summed E-state index contributed by atoms with van der Waals surface area (Å²) < 4.78 is 11.5. The average molecular weight is 435 g/mol. The van der Waals surface area contributed by atoms with Crippen molar-refractivity contribution in [1.82, 2.24) is 0 Å². The van der Waals surface area contributed by atoms with Gasteiger partial charge in [0.15, 0.2) is 12.5 Å². The van der Waals surface area contributed by atoms with E-state index in [0.29, 0.717) is 29.5 Å². The number of hydrogen-bond donors (Lipinski definition) is 3. The third kappa shape index (κ3) is 6.94. The molecule has 3 N–H and O–H groups in total. The van der Waals surface area contributed by atoms with Crippen LogP contribution in [0.2, 0.25) is 0 Å². The van der Waals surface area contributed by atoms with Gasteiger partial charge in [-0.25, -0.2) is 0 Å². The quantitative estimate of drug-likeness (QED) is 0.184. The molecule has 0 aromatic heterocycles. The Morgan fingerprint density at radius 3 is 2.31 bits per heavy atom. The molecule has 0 bridgehead atoms. The third-order valence-corrected chi connectivity index (χ3v) is 4.87. The first kappa shape index (κ1) is 23.0. The predicted octanol–water partition coefficient (Wildman–Crippen LogP) is 6.05. The van der Waals surface area contributed by atoms with Crippen molar-refractivity contribution < 1.29 is 19.4 Å². The minimum atomic E-state index is -0.419. The van der Waals surface area contributed by atoms with E-state index in [9.17, 15) is 9.90 Å². The molecule has 0 spiro atoms. The van der Waals surface area contributed by atoms with E-state index in [-0.39, 0.29) is 18.0 Å². The Labute approximate surface area is 189 Å². The van der Waals surface area contributed by atoms with Crippen molar-refractivity contribution in [3.63, 3.8) is 0 Å². The van der Waals surface area contributed by atoms with Crippen molar-refractivity contribution in [3.8, 4) is 17.2 Å². The van der Waals surface area contributed by atoms with Crippen LogP contribution in [0, 0.1) is 0 Å². The van der Waals surface area contributed by atoms with E-state index >= 15 is 0 Å². The van der Waals surface area contributed by atoms with Crippen LogP contribution in [-0.4, -0.2) is 24.4 Å². The minimum absolute atomic E-state index is 0.122. The number of para-hydroxylation sites is 2. The number of benzene rings is 3. The highest BCUT2D eigenvalue weighted by Crippen LogP contribution is 2.33. The lowest BCUT2D eigenvalue weighted by Crippen LogP contribution is -2.14. The lowest BCUT2D eigenvalue weighted by atomic mass is 10.1. The van der Waals surface area contributed by atoms with Gasteiger partial charge in [-0.2, -0.15) is 0 Å². The third-order valence-electron chi connectivity index (χ3n) is 4.87. The zero-order chi connectivity index (χ0) is 22.6. The Hall–Kier alpha value is -3.67. The van der Waals surface area contributed by atoms with Gasteiger partial charge in [0.1, 0.15) is 11.5 Å². The van der Waals surface area contributed by atoms with Gasteiger partial charge in [0, 0.05) is 11.8 Å². The van der Waals surface area contributed by atoms with Crippen molar-refractivity contribution >= 4 is 17.3 Å². The summed E-state index contributed by atoms with van der Waals surface area (Å²) in [5.41, 5.74) is 1.14. The van der Waals surface area contributed by atoms with Crippen molar-refractivity contribution in [1.29, 1.82) is 0 Å². The fourth-order valence-corrected chi connectivity index (χ4v) is 3.15. The number of hydrogen-bond acceptors (Lipinski definition) is 5. The molecule has 1 amide bonds. The normalized spacial score (nSPS) is 10.4. The Morgan fingerprint density at radius 1 is 0.875 bits per heavy atom. The Kier molecular flexibility index (Phi) is 8.80. The van der Waals surface area contributed by atoms with Gasteiger partial charge in [0.25, 0.3) is 5.91 Å². The maximum atomic E-state index is 12.9. The van der Waals surface area contributed by atoms with E-state index in [2.05, 4.69) is 17.6 Å². The van der Waals surface area contributed by atoms with E-state index in [4.69, 9.17) is 9.47 Å². The second kappa shape index (κ2) is 12.2. The van der Waals surface area contributed by atoms with E-state index in [0.717, 1.165) is 25.7 Å². The molecule has 0 aliphatic heterocycles. The fraction of sp³-hybridized carbons (Fsp3) is 0.269. The molecule has 3 aromatic rings. The SMILES string of the molecule is CCCCCCOc1cc(NCOc2ccccc2)c(O)c(C(=O)Nc2ccccc2)c1. The number of phenols is 1. The van der Waals surface area contributed by atoms with Gasteiger partial charge < -0.3 is 25.2 Å². The Morgan fingerprint density at radius 2 is 1.59 bits per heavy atom. The first-order chi connectivity index (χ1) is 15.7. The molecule has 6 nitrogen and oxygen atoms in total. The summed E-state index contributed by atoms with van der Waals surface area (Å²) in [5.74, 6) is 0.634. The molecule has 0 atom stereocenters. The average Bonchev–Trinajstić information content (AvgIpc) is 2.82. The second-order valence-corrected chi connectivity index (χ2v) is 7.37. The largest absolute Gasteiger partial charge is 0.505 e. The molecule has 168 valence electrons. The summed E-state index contributed by atoms with van der Waals surface area (Å²) in [6.45, 7) is 2.83. The number of unbranched alkanes of at least 4 members (excludes halogenated alkanes) is 3. The van der Waals surface area contributed by atoms with Crippen LogP contribution in [0.1, 0.15) is 43.0 Å².